The van der Waals surface area contributed by atoms with Crippen LogP contribution in [0.4, 0.5) is 5.82 Å². The molecule has 0 amide bonds. The maximum Gasteiger partial charge on any atom is 0.172 e. The lowest BCUT2D eigenvalue weighted by atomic mass is 9.53. The van der Waals surface area contributed by atoms with Crippen molar-refractivity contribution >= 4 is 23.1 Å². The Balaban J connectivity index is 1.49. The van der Waals surface area contributed by atoms with E-state index in [-0.39, 0.29) is 5.54 Å². The summed E-state index contributed by atoms with van der Waals surface area (Å²) in [5.41, 5.74) is 0.283. The number of nitrogens with zero attached hydrogens (tertiary/aromatic N) is 2. The average molecular weight is 316 g/mol. The lowest BCUT2D eigenvalue weighted by molar-refractivity contribution is -0.0492. The van der Waals surface area contributed by atoms with Crippen molar-refractivity contribution in [3.8, 4) is 0 Å². The van der Waals surface area contributed by atoms with Gasteiger partial charge in [-0.25, -0.2) is 0 Å². The predicted molar refractivity (Wildman–Crippen MR) is 92.8 cm³/mol. The van der Waals surface area contributed by atoms with Crippen LogP contribution in [-0.4, -0.2) is 21.4 Å². The molecule has 4 saturated carbocycles. The van der Waals surface area contributed by atoms with E-state index in [0.29, 0.717) is 11.7 Å². The summed E-state index contributed by atoms with van der Waals surface area (Å²) >= 11 is 5.26. The highest BCUT2D eigenvalue weighted by Gasteiger charge is 2.52. The Morgan fingerprint density at radius 1 is 1.32 bits per heavy atom. The van der Waals surface area contributed by atoms with Gasteiger partial charge in [0.2, 0.25) is 0 Å². The summed E-state index contributed by atoms with van der Waals surface area (Å²) in [6.45, 7) is 4.35. The fourth-order valence-electron chi connectivity index (χ4n) is 5.33. The second kappa shape index (κ2) is 5.37. The van der Waals surface area contributed by atoms with Crippen LogP contribution in [0.5, 0.6) is 0 Å². The molecule has 0 saturated heterocycles. The molecule has 1 aromatic rings. The number of hydrogen-bond acceptors (Lipinski definition) is 2. The van der Waals surface area contributed by atoms with Gasteiger partial charge in [-0.05, 0) is 68.5 Å². The van der Waals surface area contributed by atoms with Crippen molar-refractivity contribution < 1.29 is 0 Å². The minimum Gasteiger partial charge on any atom is -0.359 e. The summed E-state index contributed by atoms with van der Waals surface area (Å²) in [4.78, 5) is 0. The van der Waals surface area contributed by atoms with Crippen LogP contribution in [0.3, 0.4) is 0 Å². The van der Waals surface area contributed by atoms with Crippen molar-refractivity contribution in [1.82, 2.24) is 15.1 Å². The highest BCUT2D eigenvalue weighted by molar-refractivity contribution is 7.80. The molecule has 0 aromatic carbocycles. The molecular formula is C17H24N4S. The number of anilines is 1. The van der Waals surface area contributed by atoms with Crippen molar-refractivity contribution in [1.29, 1.82) is 0 Å². The third-order valence-corrected chi connectivity index (χ3v) is 5.98. The molecule has 5 rings (SSSR count). The summed E-state index contributed by atoms with van der Waals surface area (Å²) in [6, 6.07) is 2.04. The third-order valence-electron chi connectivity index (χ3n) is 5.73. The minimum atomic E-state index is 0.283. The first-order valence-corrected chi connectivity index (χ1v) is 8.79. The number of nitrogens with one attached hydrogen (secondary N) is 2. The van der Waals surface area contributed by atoms with E-state index < -0.39 is 0 Å². The first-order valence-electron chi connectivity index (χ1n) is 8.39. The van der Waals surface area contributed by atoms with Crippen LogP contribution in [-0.2, 0) is 5.54 Å². The summed E-state index contributed by atoms with van der Waals surface area (Å²) in [5.74, 6) is 3.64. The second-order valence-corrected chi connectivity index (χ2v) is 7.82. The summed E-state index contributed by atoms with van der Waals surface area (Å²) in [5, 5.41) is 11.7. The molecule has 4 fully saturated rings. The Hall–Kier alpha value is -1.36. The molecule has 0 unspecified atom stereocenters. The van der Waals surface area contributed by atoms with Crippen LogP contribution in [0.15, 0.2) is 24.9 Å². The number of thiocarbonyl (C=S) groups is 1. The van der Waals surface area contributed by atoms with Crippen LogP contribution < -0.4 is 10.6 Å². The molecule has 0 atom stereocenters. The molecule has 0 spiro atoms. The lowest BCUT2D eigenvalue weighted by Gasteiger charge is -2.56. The quantitative estimate of drug-likeness (QED) is 0.661. The highest BCUT2D eigenvalue weighted by atomic mass is 32.1. The summed E-state index contributed by atoms with van der Waals surface area (Å²) < 4.78 is 2.25. The van der Waals surface area contributed by atoms with Gasteiger partial charge in [-0.2, -0.15) is 5.10 Å². The van der Waals surface area contributed by atoms with Gasteiger partial charge >= 0.3 is 0 Å². The van der Waals surface area contributed by atoms with Gasteiger partial charge in [-0.3, -0.25) is 4.68 Å². The zero-order chi connectivity index (χ0) is 15.2. The third kappa shape index (κ3) is 2.45. The van der Waals surface area contributed by atoms with E-state index in [2.05, 4.69) is 28.1 Å². The highest BCUT2D eigenvalue weighted by Crippen LogP contribution is 2.58. The van der Waals surface area contributed by atoms with E-state index >= 15 is 0 Å². The van der Waals surface area contributed by atoms with Crippen LogP contribution >= 0.6 is 12.2 Å². The van der Waals surface area contributed by atoms with Crippen molar-refractivity contribution in [2.75, 3.05) is 11.9 Å². The molecule has 2 N–H and O–H groups in total. The molecule has 0 radical (unpaired) electrons. The summed E-state index contributed by atoms with van der Waals surface area (Å²) in [6.07, 6.45) is 12.3. The average Bonchev–Trinajstić information content (AvgIpc) is 2.93. The van der Waals surface area contributed by atoms with E-state index in [4.69, 9.17) is 17.3 Å². The smallest absolute Gasteiger partial charge is 0.172 e. The van der Waals surface area contributed by atoms with E-state index in [1.165, 1.54) is 38.5 Å². The zero-order valence-corrected chi connectivity index (χ0v) is 13.7. The van der Waals surface area contributed by atoms with Crippen LogP contribution in [0.1, 0.15) is 38.5 Å². The van der Waals surface area contributed by atoms with Gasteiger partial charge in [0.1, 0.15) is 0 Å². The number of hydrogen-bond donors (Lipinski definition) is 2. The van der Waals surface area contributed by atoms with Gasteiger partial charge in [0.15, 0.2) is 10.9 Å². The van der Waals surface area contributed by atoms with E-state index in [1.807, 2.05) is 6.07 Å². The van der Waals surface area contributed by atoms with Crippen LogP contribution in [0, 0.1) is 17.8 Å². The monoisotopic (exact) mass is 316 g/mol. The Morgan fingerprint density at radius 2 is 1.95 bits per heavy atom. The SMILES string of the molecule is C=CCNC(=S)Nc1ccn(C23CC4CC(CC(C4)C2)C3)n1. The van der Waals surface area contributed by atoms with E-state index in [0.717, 1.165) is 23.6 Å². The van der Waals surface area contributed by atoms with E-state index in [1.54, 1.807) is 6.08 Å². The van der Waals surface area contributed by atoms with E-state index in [9.17, 15) is 0 Å². The van der Waals surface area contributed by atoms with Crippen molar-refractivity contribution in [3.05, 3.63) is 24.9 Å². The standard InChI is InChI=1S/C17H24N4S/c1-2-4-18-16(22)19-15-3-5-21(20-15)17-9-12-6-13(10-17)8-14(7-12)11-17/h2-3,5,12-14H,1,4,6-11H2,(H2,18,19,20,22). The maximum atomic E-state index is 5.26. The zero-order valence-electron chi connectivity index (χ0n) is 12.9. The molecule has 1 heterocycles. The number of rotatable bonds is 4. The Labute approximate surface area is 137 Å². The van der Waals surface area contributed by atoms with Gasteiger partial charge < -0.3 is 10.6 Å². The molecule has 4 nitrogen and oxygen atoms in total. The molecule has 0 aliphatic heterocycles. The lowest BCUT2D eigenvalue weighted by Crippen LogP contribution is -2.52. The molecular weight excluding hydrogens is 292 g/mol. The largest absolute Gasteiger partial charge is 0.359 e. The molecule has 5 heteroatoms. The Bertz CT molecular complexity index is 556. The molecule has 118 valence electrons. The fraction of sp³-hybridized carbons (Fsp3) is 0.647. The fourth-order valence-corrected chi connectivity index (χ4v) is 5.51. The van der Waals surface area contributed by atoms with Gasteiger partial charge in [0.25, 0.3) is 0 Å². The van der Waals surface area contributed by atoms with Gasteiger partial charge in [0, 0.05) is 18.8 Å². The topological polar surface area (TPSA) is 41.9 Å². The van der Waals surface area contributed by atoms with Crippen LogP contribution in [0.2, 0.25) is 0 Å². The molecule has 22 heavy (non-hydrogen) atoms. The second-order valence-electron chi connectivity index (χ2n) is 7.41. The molecule has 1 aromatic heterocycles. The van der Waals surface area contributed by atoms with Crippen molar-refractivity contribution in [2.24, 2.45) is 17.8 Å². The Kier molecular flexibility index (Phi) is 3.48. The first kappa shape index (κ1) is 14.2. The number of aromatic nitrogens is 2. The Morgan fingerprint density at radius 3 is 2.55 bits per heavy atom. The normalized spacial score (nSPS) is 35.4. The van der Waals surface area contributed by atoms with Gasteiger partial charge in [-0.1, -0.05) is 6.08 Å². The van der Waals surface area contributed by atoms with Gasteiger partial charge in [-0.15, -0.1) is 6.58 Å². The van der Waals surface area contributed by atoms with Gasteiger partial charge in [0.05, 0.1) is 5.54 Å². The first-order chi connectivity index (χ1) is 10.7. The van der Waals surface area contributed by atoms with Crippen molar-refractivity contribution in [3.63, 3.8) is 0 Å². The minimum absolute atomic E-state index is 0.283. The summed E-state index contributed by atoms with van der Waals surface area (Å²) in [7, 11) is 0. The van der Waals surface area contributed by atoms with Crippen molar-refractivity contribution in [2.45, 2.75) is 44.1 Å². The van der Waals surface area contributed by atoms with Crippen LogP contribution in [0.25, 0.3) is 0 Å². The molecule has 4 bridgehead atoms. The maximum absolute atomic E-state index is 5.26. The molecule has 4 aliphatic carbocycles. The predicted octanol–water partition coefficient (Wildman–Crippen LogP) is 3.28. The molecule has 4 aliphatic rings.